The molecule has 1 aromatic carbocycles. The lowest BCUT2D eigenvalue weighted by Gasteiger charge is -2.36. The van der Waals surface area contributed by atoms with E-state index in [9.17, 15) is 4.79 Å². The quantitative estimate of drug-likeness (QED) is 0.886. The molecular weight excluding hydrogens is 290 g/mol. The van der Waals surface area contributed by atoms with Crippen molar-refractivity contribution < 1.29 is 9.53 Å². The number of amides is 1. The summed E-state index contributed by atoms with van der Waals surface area (Å²) in [5.74, 6) is 0.0887. The average molecular weight is 315 g/mol. The molecule has 1 aromatic heterocycles. The Labute approximate surface area is 137 Å². The third kappa shape index (κ3) is 3.92. The Hall–Kier alpha value is -1.85. The molecule has 2 atom stereocenters. The number of H-pyrrole nitrogens is 1. The number of ether oxygens (including phenoxy) is 1. The normalized spacial score (nSPS) is 22.3. The van der Waals surface area contributed by atoms with E-state index in [1.54, 1.807) is 0 Å². The van der Waals surface area contributed by atoms with Crippen LogP contribution in [0.15, 0.2) is 30.5 Å². The summed E-state index contributed by atoms with van der Waals surface area (Å²) in [6, 6.07) is 8.54. The fraction of sp³-hybridized carbons (Fsp3) is 0.500. The first-order chi connectivity index (χ1) is 11.1. The highest BCUT2D eigenvalue weighted by Crippen LogP contribution is 2.17. The van der Waals surface area contributed by atoms with Crippen LogP contribution in [0, 0.1) is 0 Å². The highest BCUT2D eigenvalue weighted by atomic mass is 16.5. The van der Waals surface area contributed by atoms with E-state index in [1.807, 2.05) is 25.3 Å². The summed E-state index contributed by atoms with van der Waals surface area (Å²) in [7, 11) is 0. The molecule has 0 spiro atoms. The lowest BCUT2D eigenvalue weighted by Crippen LogP contribution is -2.51. The van der Waals surface area contributed by atoms with Crippen LogP contribution in [0.25, 0.3) is 10.9 Å². The Morgan fingerprint density at radius 1 is 1.39 bits per heavy atom. The van der Waals surface area contributed by atoms with E-state index in [0.29, 0.717) is 25.7 Å². The number of hydrogen-bond donors (Lipinski definition) is 2. The van der Waals surface area contributed by atoms with E-state index in [-0.39, 0.29) is 12.0 Å². The van der Waals surface area contributed by atoms with Crippen LogP contribution in [-0.2, 0) is 16.0 Å². The SMILES string of the molecule is CC1CN(CC(=O)NCCc2c[nH]c3ccccc23)C(C)CO1. The van der Waals surface area contributed by atoms with Gasteiger partial charge >= 0.3 is 0 Å². The van der Waals surface area contributed by atoms with Crippen LogP contribution in [0.2, 0.25) is 0 Å². The van der Waals surface area contributed by atoms with E-state index in [2.05, 4.69) is 34.3 Å². The Morgan fingerprint density at radius 2 is 2.22 bits per heavy atom. The second-order valence-corrected chi connectivity index (χ2v) is 6.38. The number of aromatic nitrogens is 1. The van der Waals surface area contributed by atoms with Gasteiger partial charge < -0.3 is 15.0 Å². The fourth-order valence-corrected chi connectivity index (χ4v) is 3.11. The average Bonchev–Trinajstić information content (AvgIpc) is 2.94. The number of para-hydroxylation sites is 1. The zero-order chi connectivity index (χ0) is 16.2. The standard InChI is InChI=1S/C18H25N3O2/c1-13-12-23-14(2)10-21(13)11-18(22)19-8-7-15-9-20-17-6-4-3-5-16(15)17/h3-6,9,13-14,20H,7-8,10-12H2,1-2H3,(H,19,22). The van der Waals surface area contributed by atoms with Crippen LogP contribution in [0.3, 0.4) is 0 Å². The number of aromatic amines is 1. The maximum Gasteiger partial charge on any atom is 0.234 e. The molecule has 0 radical (unpaired) electrons. The van der Waals surface area contributed by atoms with Gasteiger partial charge in [0.2, 0.25) is 5.91 Å². The van der Waals surface area contributed by atoms with Gasteiger partial charge in [-0.2, -0.15) is 0 Å². The first-order valence-electron chi connectivity index (χ1n) is 8.31. The van der Waals surface area contributed by atoms with Crippen molar-refractivity contribution in [2.24, 2.45) is 0 Å². The van der Waals surface area contributed by atoms with Crippen molar-refractivity contribution in [3.63, 3.8) is 0 Å². The molecular formula is C18H25N3O2. The van der Waals surface area contributed by atoms with Crippen LogP contribution in [-0.4, -0.2) is 54.2 Å². The highest BCUT2D eigenvalue weighted by molar-refractivity contribution is 5.83. The van der Waals surface area contributed by atoms with Gasteiger partial charge in [-0.25, -0.2) is 0 Å². The van der Waals surface area contributed by atoms with Gasteiger partial charge in [0.1, 0.15) is 0 Å². The second-order valence-electron chi connectivity index (χ2n) is 6.38. The number of carbonyl (C=O) groups excluding carboxylic acids is 1. The van der Waals surface area contributed by atoms with Crippen molar-refractivity contribution >= 4 is 16.8 Å². The number of carbonyl (C=O) groups is 1. The highest BCUT2D eigenvalue weighted by Gasteiger charge is 2.24. The Morgan fingerprint density at radius 3 is 3.09 bits per heavy atom. The predicted octanol–water partition coefficient (Wildman–Crippen LogP) is 1.94. The Balaban J connectivity index is 1.47. The van der Waals surface area contributed by atoms with Crippen molar-refractivity contribution in [1.82, 2.24) is 15.2 Å². The number of rotatable bonds is 5. The van der Waals surface area contributed by atoms with Crippen LogP contribution in [0.4, 0.5) is 0 Å². The minimum Gasteiger partial charge on any atom is -0.376 e. The summed E-state index contributed by atoms with van der Waals surface area (Å²) in [6.07, 6.45) is 3.07. The molecule has 5 nitrogen and oxygen atoms in total. The number of nitrogens with one attached hydrogen (secondary N) is 2. The zero-order valence-electron chi connectivity index (χ0n) is 13.8. The molecule has 1 aliphatic heterocycles. The molecule has 2 aromatic rings. The van der Waals surface area contributed by atoms with Gasteiger partial charge in [0.15, 0.2) is 0 Å². The molecule has 0 bridgehead atoms. The van der Waals surface area contributed by atoms with Crippen LogP contribution >= 0.6 is 0 Å². The second kappa shape index (κ2) is 7.15. The van der Waals surface area contributed by atoms with Gasteiger partial charge in [-0.1, -0.05) is 18.2 Å². The van der Waals surface area contributed by atoms with E-state index in [0.717, 1.165) is 18.5 Å². The third-order valence-corrected chi connectivity index (χ3v) is 4.48. The van der Waals surface area contributed by atoms with E-state index in [1.165, 1.54) is 10.9 Å². The summed E-state index contributed by atoms with van der Waals surface area (Å²) in [5, 5.41) is 4.27. The molecule has 124 valence electrons. The maximum atomic E-state index is 12.2. The van der Waals surface area contributed by atoms with Crippen molar-refractivity contribution in [3.8, 4) is 0 Å². The first kappa shape index (κ1) is 16.0. The number of hydrogen-bond acceptors (Lipinski definition) is 3. The Bertz CT molecular complexity index is 667. The monoisotopic (exact) mass is 315 g/mol. The number of morpholine rings is 1. The predicted molar refractivity (Wildman–Crippen MR) is 91.5 cm³/mol. The van der Waals surface area contributed by atoms with Crippen molar-refractivity contribution in [2.45, 2.75) is 32.4 Å². The zero-order valence-corrected chi connectivity index (χ0v) is 13.8. The smallest absolute Gasteiger partial charge is 0.234 e. The van der Waals surface area contributed by atoms with Gasteiger partial charge in [0, 0.05) is 36.2 Å². The maximum absolute atomic E-state index is 12.2. The van der Waals surface area contributed by atoms with Gasteiger partial charge in [0.25, 0.3) is 0 Å². The minimum absolute atomic E-state index is 0.0887. The van der Waals surface area contributed by atoms with Crippen LogP contribution < -0.4 is 5.32 Å². The summed E-state index contributed by atoms with van der Waals surface area (Å²) < 4.78 is 5.60. The molecule has 1 fully saturated rings. The lowest BCUT2D eigenvalue weighted by atomic mass is 10.1. The number of nitrogens with zero attached hydrogens (tertiary/aromatic N) is 1. The first-order valence-corrected chi connectivity index (χ1v) is 8.31. The topological polar surface area (TPSA) is 57.4 Å². The molecule has 2 heterocycles. The van der Waals surface area contributed by atoms with Gasteiger partial charge in [-0.05, 0) is 31.9 Å². The van der Waals surface area contributed by atoms with Crippen molar-refractivity contribution in [2.75, 3.05) is 26.2 Å². The molecule has 2 unspecified atom stereocenters. The largest absolute Gasteiger partial charge is 0.376 e. The van der Waals surface area contributed by atoms with Crippen molar-refractivity contribution in [1.29, 1.82) is 0 Å². The van der Waals surface area contributed by atoms with Crippen molar-refractivity contribution in [3.05, 3.63) is 36.0 Å². The molecule has 3 rings (SSSR count). The molecule has 0 saturated carbocycles. The number of benzene rings is 1. The molecule has 5 heteroatoms. The minimum atomic E-state index is 0.0887. The molecule has 0 aliphatic carbocycles. The summed E-state index contributed by atoms with van der Waals surface area (Å²) in [6.45, 7) is 6.78. The van der Waals surface area contributed by atoms with Gasteiger partial charge in [-0.3, -0.25) is 9.69 Å². The van der Waals surface area contributed by atoms with Crippen LogP contribution in [0.5, 0.6) is 0 Å². The fourth-order valence-electron chi connectivity index (χ4n) is 3.11. The molecule has 1 amide bonds. The summed E-state index contributed by atoms with van der Waals surface area (Å²) >= 11 is 0. The van der Waals surface area contributed by atoms with E-state index < -0.39 is 0 Å². The summed E-state index contributed by atoms with van der Waals surface area (Å²) in [5.41, 5.74) is 2.39. The lowest BCUT2D eigenvalue weighted by molar-refractivity contribution is -0.125. The molecule has 2 N–H and O–H groups in total. The van der Waals surface area contributed by atoms with Gasteiger partial charge in [0.05, 0.1) is 19.3 Å². The Kier molecular flexibility index (Phi) is 4.98. The molecule has 1 aliphatic rings. The van der Waals surface area contributed by atoms with E-state index >= 15 is 0 Å². The summed E-state index contributed by atoms with van der Waals surface area (Å²) in [4.78, 5) is 17.6. The third-order valence-electron chi connectivity index (χ3n) is 4.48. The van der Waals surface area contributed by atoms with Crippen LogP contribution in [0.1, 0.15) is 19.4 Å². The van der Waals surface area contributed by atoms with Gasteiger partial charge in [-0.15, -0.1) is 0 Å². The molecule has 23 heavy (non-hydrogen) atoms. The molecule has 1 saturated heterocycles. The number of fused-ring (bicyclic) bond motifs is 1. The van der Waals surface area contributed by atoms with E-state index in [4.69, 9.17) is 4.74 Å².